The summed E-state index contributed by atoms with van der Waals surface area (Å²) in [6.45, 7) is 6.56. The molecule has 4 aromatic rings. The molecule has 1 aromatic carbocycles. The smallest absolute Gasteiger partial charge is 0.333 e. The van der Waals surface area contributed by atoms with E-state index >= 15 is 0 Å². The van der Waals surface area contributed by atoms with E-state index in [0.717, 1.165) is 22.1 Å². The van der Waals surface area contributed by atoms with Crippen molar-refractivity contribution in [3.05, 3.63) is 74.3 Å². The third-order valence-electron chi connectivity index (χ3n) is 8.05. The van der Waals surface area contributed by atoms with Gasteiger partial charge in [0.2, 0.25) is 5.89 Å². The minimum absolute atomic E-state index is 0.0619. The molecule has 0 saturated heterocycles. The average molecular weight is 582 g/mol. The van der Waals surface area contributed by atoms with E-state index in [1.54, 1.807) is 6.92 Å². The molecular formula is C30H35N3O7S. The number of carboxylic acid groups (broad SMARTS) is 1. The van der Waals surface area contributed by atoms with Crippen LogP contribution in [0, 0.1) is 6.92 Å². The van der Waals surface area contributed by atoms with Gasteiger partial charge in [0.05, 0.1) is 35.2 Å². The number of aryl methyl sites for hydroxylation is 2. The molecule has 0 radical (unpaired) electrons. The SMILES string of the molecule is CCc1ccccc1[C@@H](Cn1c(=O)n(C(C)(C)C(=O)O)c(=O)c2c(C)c(-c3ncco3)sc21)OC1CCC(O)CC1. The summed E-state index contributed by atoms with van der Waals surface area (Å²) in [5.74, 6) is -0.982. The first-order valence-corrected chi connectivity index (χ1v) is 14.7. The molecule has 3 heterocycles. The van der Waals surface area contributed by atoms with E-state index < -0.39 is 28.9 Å². The standard InChI is InChI=1S/C30H35N3O7S/c1-5-18-8-6-7-9-21(18)22(40-20-12-10-19(34)11-13-20)16-32-27-23(17(2)24(41-27)25-31-14-15-39-25)26(35)33(29(32)38)30(3,4)28(36)37/h6-9,14-15,19-20,22,34H,5,10-13,16H2,1-4H3,(H,36,37)/t19?,20?,22-/m1/s1. The van der Waals surface area contributed by atoms with E-state index in [9.17, 15) is 24.6 Å². The van der Waals surface area contributed by atoms with Gasteiger partial charge in [0.15, 0.2) is 0 Å². The minimum atomic E-state index is -1.81. The number of ether oxygens (including phenoxy) is 1. The van der Waals surface area contributed by atoms with Crippen molar-refractivity contribution in [1.82, 2.24) is 14.1 Å². The number of carbonyl (C=O) groups is 1. The molecule has 1 atom stereocenters. The van der Waals surface area contributed by atoms with Crippen LogP contribution in [0.15, 0.2) is 50.7 Å². The lowest BCUT2D eigenvalue weighted by molar-refractivity contribution is -0.146. The molecule has 218 valence electrons. The molecule has 0 bridgehead atoms. The van der Waals surface area contributed by atoms with Gasteiger partial charge in [-0.1, -0.05) is 31.2 Å². The van der Waals surface area contributed by atoms with Crippen molar-refractivity contribution in [2.45, 2.75) is 90.2 Å². The highest BCUT2D eigenvalue weighted by Crippen LogP contribution is 2.37. The Kier molecular flexibility index (Phi) is 8.04. The normalized spacial score (nSPS) is 18.6. The number of aliphatic carboxylic acids is 1. The molecule has 3 aromatic heterocycles. The molecule has 0 amide bonds. The van der Waals surface area contributed by atoms with E-state index in [1.807, 2.05) is 24.3 Å². The molecule has 2 N–H and O–H groups in total. The van der Waals surface area contributed by atoms with Gasteiger partial charge in [-0.25, -0.2) is 19.1 Å². The molecular weight excluding hydrogens is 546 g/mol. The van der Waals surface area contributed by atoms with E-state index in [0.29, 0.717) is 46.8 Å². The Hall–Kier alpha value is -3.54. The maximum Gasteiger partial charge on any atom is 0.333 e. The lowest BCUT2D eigenvalue weighted by Crippen LogP contribution is -2.52. The van der Waals surface area contributed by atoms with Crippen molar-refractivity contribution in [3.8, 4) is 10.8 Å². The molecule has 1 aliphatic carbocycles. The van der Waals surface area contributed by atoms with Crippen molar-refractivity contribution < 1.29 is 24.2 Å². The summed E-state index contributed by atoms with van der Waals surface area (Å²) < 4.78 is 14.5. The van der Waals surface area contributed by atoms with Crippen molar-refractivity contribution in [2.24, 2.45) is 0 Å². The predicted octanol–water partition coefficient (Wildman–Crippen LogP) is 4.63. The summed E-state index contributed by atoms with van der Waals surface area (Å²) in [6.07, 6.45) is 5.33. The first-order valence-electron chi connectivity index (χ1n) is 13.9. The molecule has 1 aliphatic rings. The van der Waals surface area contributed by atoms with Crippen LogP contribution in [-0.2, 0) is 28.0 Å². The quantitative estimate of drug-likeness (QED) is 0.292. The molecule has 41 heavy (non-hydrogen) atoms. The highest BCUT2D eigenvalue weighted by atomic mass is 32.1. The third-order valence-corrected chi connectivity index (χ3v) is 9.36. The summed E-state index contributed by atoms with van der Waals surface area (Å²) in [4.78, 5) is 45.5. The molecule has 0 aliphatic heterocycles. The van der Waals surface area contributed by atoms with Gasteiger partial charge < -0.3 is 19.4 Å². The zero-order valence-corrected chi connectivity index (χ0v) is 24.4. The number of aliphatic hydroxyl groups excluding tert-OH is 1. The number of aliphatic hydroxyl groups is 1. The average Bonchev–Trinajstić information content (AvgIpc) is 3.59. The molecule has 0 spiro atoms. The monoisotopic (exact) mass is 581 g/mol. The fourth-order valence-electron chi connectivity index (χ4n) is 5.60. The van der Waals surface area contributed by atoms with Crippen LogP contribution in [0.1, 0.15) is 69.2 Å². The zero-order valence-electron chi connectivity index (χ0n) is 23.6. The fraction of sp³-hybridized carbons (Fsp3) is 0.467. The zero-order chi connectivity index (χ0) is 29.5. The maximum absolute atomic E-state index is 14.2. The first-order chi connectivity index (χ1) is 19.5. The van der Waals surface area contributed by atoms with Crippen molar-refractivity contribution in [3.63, 3.8) is 0 Å². The Labute approximate surface area is 240 Å². The number of aromatic nitrogens is 3. The van der Waals surface area contributed by atoms with Crippen molar-refractivity contribution in [1.29, 1.82) is 0 Å². The van der Waals surface area contributed by atoms with E-state index in [1.165, 1.54) is 42.2 Å². The highest BCUT2D eigenvalue weighted by molar-refractivity contribution is 7.22. The van der Waals surface area contributed by atoms with Crippen molar-refractivity contribution in [2.75, 3.05) is 0 Å². The van der Waals surface area contributed by atoms with Crippen LogP contribution in [0.25, 0.3) is 21.0 Å². The second-order valence-corrected chi connectivity index (χ2v) is 12.1. The molecule has 0 unspecified atom stereocenters. The fourth-order valence-corrected chi connectivity index (χ4v) is 6.84. The number of hydrogen-bond acceptors (Lipinski definition) is 8. The van der Waals surface area contributed by atoms with Crippen LogP contribution < -0.4 is 11.2 Å². The van der Waals surface area contributed by atoms with Gasteiger partial charge in [-0.05, 0) is 69.6 Å². The van der Waals surface area contributed by atoms with Crippen molar-refractivity contribution >= 4 is 27.5 Å². The summed E-state index contributed by atoms with van der Waals surface area (Å²) in [6, 6.07) is 7.90. The van der Waals surface area contributed by atoms with Gasteiger partial charge in [-0.3, -0.25) is 9.36 Å². The molecule has 5 rings (SSSR count). The number of benzene rings is 1. The summed E-state index contributed by atoms with van der Waals surface area (Å²) in [5.41, 5.74) is -0.644. The van der Waals surface area contributed by atoms with Gasteiger partial charge in [-0.15, -0.1) is 11.3 Å². The largest absolute Gasteiger partial charge is 0.480 e. The Morgan fingerprint density at radius 3 is 2.56 bits per heavy atom. The Balaban J connectivity index is 1.74. The van der Waals surface area contributed by atoms with Crippen LogP contribution in [0.5, 0.6) is 0 Å². The Bertz CT molecular complexity index is 1670. The Morgan fingerprint density at radius 1 is 1.22 bits per heavy atom. The van der Waals surface area contributed by atoms with Crippen LogP contribution in [-0.4, -0.2) is 42.5 Å². The van der Waals surface area contributed by atoms with Gasteiger partial charge in [0.1, 0.15) is 22.7 Å². The maximum atomic E-state index is 14.2. The number of hydrogen-bond donors (Lipinski definition) is 2. The first kappa shape index (κ1) is 29.0. The van der Waals surface area contributed by atoms with Gasteiger partial charge in [-0.2, -0.15) is 0 Å². The number of rotatable bonds is 9. The summed E-state index contributed by atoms with van der Waals surface area (Å²) in [7, 11) is 0. The third kappa shape index (κ3) is 5.29. The summed E-state index contributed by atoms with van der Waals surface area (Å²) >= 11 is 1.22. The summed E-state index contributed by atoms with van der Waals surface area (Å²) in [5, 5.41) is 20.3. The molecule has 11 heteroatoms. The minimum Gasteiger partial charge on any atom is -0.480 e. The molecule has 1 saturated carbocycles. The van der Waals surface area contributed by atoms with Gasteiger partial charge in [0.25, 0.3) is 5.56 Å². The van der Waals surface area contributed by atoms with E-state index in [4.69, 9.17) is 9.15 Å². The second-order valence-electron chi connectivity index (χ2n) is 11.1. The van der Waals surface area contributed by atoms with Gasteiger partial charge in [0, 0.05) is 0 Å². The topological polar surface area (TPSA) is 137 Å². The number of fused-ring (bicyclic) bond motifs is 1. The second kappa shape index (κ2) is 11.4. The molecule has 10 nitrogen and oxygen atoms in total. The molecule has 1 fully saturated rings. The lowest BCUT2D eigenvalue weighted by Gasteiger charge is -2.31. The Morgan fingerprint density at radius 2 is 1.93 bits per heavy atom. The number of carboxylic acids is 1. The predicted molar refractivity (Wildman–Crippen MR) is 155 cm³/mol. The van der Waals surface area contributed by atoms with Crippen LogP contribution in [0.3, 0.4) is 0 Å². The van der Waals surface area contributed by atoms with E-state index in [2.05, 4.69) is 11.9 Å². The number of nitrogens with zero attached hydrogens (tertiary/aromatic N) is 3. The number of oxazole rings is 1. The van der Waals surface area contributed by atoms with Crippen LogP contribution >= 0.6 is 11.3 Å². The van der Waals surface area contributed by atoms with Crippen LogP contribution in [0.4, 0.5) is 0 Å². The highest BCUT2D eigenvalue weighted by Gasteiger charge is 2.36. The number of thiophene rings is 1. The van der Waals surface area contributed by atoms with Crippen LogP contribution in [0.2, 0.25) is 0 Å². The lowest BCUT2D eigenvalue weighted by atomic mass is 9.94. The van der Waals surface area contributed by atoms with Gasteiger partial charge >= 0.3 is 11.7 Å². The van der Waals surface area contributed by atoms with E-state index in [-0.39, 0.29) is 24.1 Å².